The van der Waals surface area contributed by atoms with E-state index in [1.54, 1.807) is 0 Å². The van der Waals surface area contributed by atoms with E-state index in [0.29, 0.717) is 12.3 Å². The number of fused-ring (bicyclic) bond motifs is 1. The number of aryl methyl sites for hydroxylation is 1. The number of nitrogens with two attached hydrogens (primary N) is 1. The number of amides is 1. The molecule has 0 radical (unpaired) electrons. The normalized spacial score (nSPS) is 15.7. The number of anilines is 1. The monoisotopic (exact) mass is 400 g/mol. The average molecular weight is 400 g/mol. The molecular formula is C25H24N2O3. The highest BCUT2D eigenvalue weighted by Gasteiger charge is 2.51. The first-order valence-corrected chi connectivity index (χ1v) is 10.2. The smallest absolute Gasteiger partial charge is 0.235 e. The highest BCUT2D eigenvalue weighted by atomic mass is 16.7. The molecule has 3 aromatic carbocycles. The van der Waals surface area contributed by atoms with Gasteiger partial charge in [0.2, 0.25) is 12.7 Å². The van der Waals surface area contributed by atoms with Gasteiger partial charge in [-0.25, -0.2) is 0 Å². The van der Waals surface area contributed by atoms with Crippen LogP contribution in [0, 0.1) is 6.92 Å². The molecule has 1 aliphatic heterocycles. The van der Waals surface area contributed by atoms with E-state index in [0.717, 1.165) is 52.1 Å². The number of carbonyl (C=O) groups is 1. The van der Waals surface area contributed by atoms with Gasteiger partial charge >= 0.3 is 0 Å². The molecule has 3 aromatic rings. The number of hydrogen-bond acceptors (Lipinski definition) is 4. The molecular weight excluding hydrogens is 376 g/mol. The summed E-state index contributed by atoms with van der Waals surface area (Å²) in [6.07, 6.45) is 1.66. The Morgan fingerprint density at radius 1 is 1.03 bits per heavy atom. The third-order valence-corrected chi connectivity index (χ3v) is 6.08. The molecule has 0 saturated heterocycles. The molecule has 0 bridgehead atoms. The second-order valence-corrected chi connectivity index (χ2v) is 8.04. The molecule has 5 rings (SSSR count). The predicted molar refractivity (Wildman–Crippen MR) is 117 cm³/mol. The molecule has 0 spiro atoms. The van der Waals surface area contributed by atoms with Crippen molar-refractivity contribution in [3.8, 4) is 22.6 Å². The third-order valence-electron chi connectivity index (χ3n) is 6.08. The summed E-state index contributed by atoms with van der Waals surface area (Å²) in [5, 5.41) is 3.14. The lowest BCUT2D eigenvalue weighted by Crippen LogP contribution is -2.27. The van der Waals surface area contributed by atoms with Gasteiger partial charge in [0.1, 0.15) is 0 Å². The Bertz CT molecular complexity index is 1130. The fraction of sp³-hybridized carbons (Fsp3) is 0.240. The summed E-state index contributed by atoms with van der Waals surface area (Å²) >= 11 is 0. The van der Waals surface area contributed by atoms with Crippen molar-refractivity contribution in [1.82, 2.24) is 0 Å². The molecule has 1 aliphatic carbocycles. The van der Waals surface area contributed by atoms with Crippen LogP contribution in [0.3, 0.4) is 0 Å². The molecule has 5 heteroatoms. The predicted octanol–water partition coefficient (Wildman–Crippen LogP) is 4.52. The first kappa shape index (κ1) is 18.7. The van der Waals surface area contributed by atoms with Crippen molar-refractivity contribution < 1.29 is 14.3 Å². The van der Waals surface area contributed by atoms with Crippen LogP contribution in [0.5, 0.6) is 11.5 Å². The summed E-state index contributed by atoms with van der Waals surface area (Å²) in [6.45, 7) is 2.81. The number of hydrogen-bond donors (Lipinski definition) is 2. The number of rotatable bonds is 5. The van der Waals surface area contributed by atoms with Crippen molar-refractivity contribution in [2.45, 2.75) is 31.7 Å². The summed E-state index contributed by atoms with van der Waals surface area (Å²) < 4.78 is 10.9. The highest BCUT2D eigenvalue weighted by molar-refractivity contribution is 6.02. The van der Waals surface area contributed by atoms with E-state index in [4.69, 9.17) is 15.2 Å². The zero-order chi connectivity index (χ0) is 20.7. The van der Waals surface area contributed by atoms with Gasteiger partial charge in [0, 0.05) is 12.2 Å². The largest absolute Gasteiger partial charge is 0.454 e. The summed E-state index contributed by atoms with van der Waals surface area (Å²) in [5.41, 5.74) is 11.5. The first-order valence-electron chi connectivity index (χ1n) is 10.2. The van der Waals surface area contributed by atoms with Gasteiger partial charge in [0.05, 0.1) is 5.41 Å². The van der Waals surface area contributed by atoms with Crippen LogP contribution < -0.4 is 20.5 Å². The quantitative estimate of drug-likeness (QED) is 0.660. The highest BCUT2D eigenvalue weighted by Crippen LogP contribution is 2.51. The molecule has 2 aliphatic rings. The van der Waals surface area contributed by atoms with Gasteiger partial charge in [0.25, 0.3) is 0 Å². The van der Waals surface area contributed by atoms with Gasteiger partial charge in [-0.05, 0) is 77.9 Å². The first-order chi connectivity index (χ1) is 14.6. The molecule has 1 heterocycles. The average Bonchev–Trinajstić information content (AvgIpc) is 3.46. The van der Waals surface area contributed by atoms with Gasteiger partial charge in [-0.2, -0.15) is 0 Å². The standard InChI is InChI=1S/C25H24N2O3/c1-16-5-7-20(13-21(16)18-4-2-3-17(11-18)14-26)27-24(28)25(9-10-25)19-6-8-22-23(12-19)30-15-29-22/h2-8,11-13H,9-10,14-15,26H2,1H3,(H,27,28). The summed E-state index contributed by atoms with van der Waals surface area (Å²) in [6, 6.07) is 20.0. The summed E-state index contributed by atoms with van der Waals surface area (Å²) in [7, 11) is 0. The van der Waals surface area contributed by atoms with Crippen LogP contribution in [-0.4, -0.2) is 12.7 Å². The Balaban J connectivity index is 1.41. The molecule has 152 valence electrons. The van der Waals surface area contributed by atoms with E-state index >= 15 is 0 Å². The van der Waals surface area contributed by atoms with Crippen LogP contribution in [-0.2, 0) is 16.8 Å². The van der Waals surface area contributed by atoms with Crippen LogP contribution in [0.25, 0.3) is 11.1 Å². The van der Waals surface area contributed by atoms with E-state index in [1.807, 2.05) is 48.5 Å². The van der Waals surface area contributed by atoms with Crippen molar-refractivity contribution in [2.24, 2.45) is 5.73 Å². The Labute approximate surface area is 175 Å². The summed E-state index contributed by atoms with van der Waals surface area (Å²) in [5.74, 6) is 1.47. The topological polar surface area (TPSA) is 73.6 Å². The molecule has 1 saturated carbocycles. The van der Waals surface area contributed by atoms with Crippen LogP contribution in [0.2, 0.25) is 0 Å². The fourth-order valence-electron chi connectivity index (χ4n) is 4.09. The minimum absolute atomic E-state index is 0.0203. The maximum Gasteiger partial charge on any atom is 0.235 e. The van der Waals surface area contributed by atoms with Crippen LogP contribution >= 0.6 is 0 Å². The maximum absolute atomic E-state index is 13.2. The summed E-state index contributed by atoms with van der Waals surface area (Å²) in [4.78, 5) is 13.2. The number of carbonyl (C=O) groups excluding carboxylic acids is 1. The van der Waals surface area contributed by atoms with Crippen molar-refractivity contribution in [1.29, 1.82) is 0 Å². The Hall–Kier alpha value is -3.31. The van der Waals surface area contributed by atoms with Gasteiger partial charge in [0.15, 0.2) is 11.5 Å². The Morgan fingerprint density at radius 2 is 1.87 bits per heavy atom. The number of ether oxygens (including phenoxy) is 2. The maximum atomic E-state index is 13.2. The fourth-order valence-corrected chi connectivity index (χ4v) is 4.09. The second-order valence-electron chi connectivity index (χ2n) is 8.04. The number of nitrogens with one attached hydrogen (secondary N) is 1. The van der Waals surface area contributed by atoms with Gasteiger partial charge in [-0.3, -0.25) is 4.79 Å². The number of benzene rings is 3. The zero-order valence-electron chi connectivity index (χ0n) is 16.9. The van der Waals surface area contributed by atoms with Crippen molar-refractivity contribution >= 4 is 11.6 Å². The molecule has 0 unspecified atom stereocenters. The van der Waals surface area contributed by atoms with Gasteiger partial charge < -0.3 is 20.5 Å². The van der Waals surface area contributed by atoms with Crippen molar-refractivity contribution in [3.63, 3.8) is 0 Å². The zero-order valence-corrected chi connectivity index (χ0v) is 16.9. The Kier molecular flexibility index (Phi) is 4.48. The second kappa shape index (κ2) is 7.18. The lowest BCUT2D eigenvalue weighted by molar-refractivity contribution is -0.118. The lowest BCUT2D eigenvalue weighted by Gasteiger charge is -2.17. The lowest BCUT2D eigenvalue weighted by atomic mass is 9.94. The molecule has 5 nitrogen and oxygen atoms in total. The molecule has 1 amide bonds. The molecule has 0 atom stereocenters. The molecule has 30 heavy (non-hydrogen) atoms. The van der Waals surface area contributed by atoms with E-state index in [9.17, 15) is 4.79 Å². The molecule has 1 fully saturated rings. The van der Waals surface area contributed by atoms with Crippen molar-refractivity contribution in [2.75, 3.05) is 12.1 Å². The van der Waals surface area contributed by atoms with Crippen LogP contribution in [0.15, 0.2) is 60.7 Å². The molecule has 0 aromatic heterocycles. The minimum atomic E-state index is -0.495. The Morgan fingerprint density at radius 3 is 2.67 bits per heavy atom. The van der Waals surface area contributed by atoms with E-state index in [2.05, 4.69) is 24.4 Å². The van der Waals surface area contributed by atoms with Gasteiger partial charge in [-0.1, -0.05) is 30.3 Å². The van der Waals surface area contributed by atoms with Crippen molar-refractivity contribution in [3.05, 3.63) is 77.4 Å². The van der Waals surface area contributed by atoms with E-state index in [-0.39, 0.29) is 12.7 Å². The third kappa shape index (κ3) is 3.21. The SMILES string of the molecule is Cc1ccc(NC(=O)C2(c3ccc4c(c3)OCO4)CC2)cc1-c1cccc(CN)c1. The van der Waals surface area contributed by atoms with E-state index in [1.165, 1.54) is 0 Å². The van der Waals surface area contributed by atoms with Gasteiger partial charge in [-0.15, -0.1) is 0 Å². The molecule has 3 N–H and O–H groups in total. The minimum Gasteiger partial charge on any atom is -0.454 e. The van der Waals surface area contributed by atoms with E-state index < -0.39 is 5.41 Å². The van der Waals surface area contributed by atoms with Crippen LogP contribution in [0.4, 0.5) is 5.69 Å². The van der Waals surface area contributed by atoms with Crippen LogP contribution in [0.1, 0.15) is 29.5 Å².